The van der Waals surface area contributed by atoms with Crippen molar-refractivity contribution in [3.63, 3.8) is 0 Å². The number of nitrogens with one attached hydrogen (secondary N) is 1. The third kappa shape index (κ3) is 3.29. The van der Waals surface area contributed by atoms with E-state index in [4.69, 9.17) is 9.47 Å². The Morgan fingerprint density at radius 3 is 2.70 bits per heavy atom. The summed E-state index contributed by atoms with van der Waals surface area (Å²) in [6.45, 7) is 5.02. The monoisotopic (exact) mass is 292 g/mol. The molecule has 1 heterocycles. The Labute approximate surface area is 123 Å². The Morgan fingerprint density at radius 1 is 1.25 bits per heavy atom. The van der Waals surface area contributed by atoms with Gasteiger partial charge >= 0.3 is 0 Å². The van der Waals surface area contributed by atoms with Gasteiger partial charge in [0, 0.05) is 18.0 Å². The highest BCUT2D eigenvalue weighted by atomic mass is 32.1. The lowest BCUT2D eigenvalue weighted by Crippen LogP contribution is -2.21. The molecule has 0 atom stereocenters. The lowest BCUT2D eigenvalue weighted by molar-refractivity contribution is 0.356. The molecule has 0 saturated carbocycles. The summed E-state index contributed by atoms with van der Waals surface area (Å²) in [6, 6.07) is 6.28. The summed E-state index contributed by atoms with van der Waals surface area (Å²) in [4.78, 5) is 4.66. The van der Waals surface area contributed by atoms with E-state index in [1.807, 2.05) is 18.2 Å². The van der Waals surface area contributed by atoms with Gasteiger partial charge in [-0.05, 0) is 12.1 Å². The number of hydrogen-bond donors (Lipinski definition) is 1. The van der Waals surface area contributed by atoms with E-state index in [2.05, 4.69) is 29.5 Å². The van der Waals surface area contributed by atoms with Crippen molar-refractivity contribution >= 4 is 11.3 Å². The summed E-state index contributed by atoms with van der Waals surface area (Å²) < 4.78 is 10.8. The molecule has 2 aromatic rings. The number of aromatic nitrogens is 1. The molecule has 0 fully saturated rings. The van der Waals surface area contributed by atoms with Crippen LogP contribution in [0.15, 0.2) is 23.6 Å². The fourth-order valence-electron chi connectivity index (χ4n) is 1.88. The van der Waals surface area contributed by atoms with Crippen LogP contribution in [-0.2, 0) is 6.54 Å². The molecule has 20 heavy (non-hydrogen) atoms. The molecule has 1 N–H and O–H groups in total. The van der Waals surface area contributed by atoms with Crippen molar-refractivity contribution in [3.8, 4) is 22.1 Å². The van der Waals surface area contributed by atoms with Gasteiger partial charge in [0.1, 0.15) is 5.01 Å². The molecular weight excluding hydrogens is 272 g/mol. The second-order valence-electron chi connectivity index (χ2n) is 4.72. The minimum Gasteiger partial charge on any atom is -0.493 e. The van der Waals surface area contributed by atoms with Crippen LogP contribution in [0.3, 0.4) is 0 Å². The zero-order chi connectivity index (χ0) is 14.5. The van der Waals surface area contributed by atoms with Crippen molar-refractivity contribution in [2.75, 3.05) is 14.2 Å². The first kappa shape index (κ1) is 14.8. The van der Waals surface area contributed by atoms with Crippen LogP contribution >= 0.6 is 11.3 Å². The van der Waals surface area contributed by atoms with Gasteiger partial charge in [-0.15, -0.1) is 11.3 Å². The highest BCUT2D eigenvalue weighted by molar-refractivity contribution is 7.13. The first-order valence-corrected chi connectivity index (χ1v) is 7.42. The normalized spacial score (nSPS) is 10.8. The molecule has 1 aromatic heterocycles. The molecule has 0 aliphatic heterocycles. The molecule has 5 heteroatoms. The lowest BCUT2D eigenvalue weighted by atomic mass is 10.2. The van der Waals surface area contributed by atoms with E-state index in [9.17, 15) is 0 Å². The largest absolute Gasteiger partial charge is 0.493 e. The molecule has 0 aliphatic rings. The van der Waals surface area contributed by atoms with Crippen LogP contribution in [-0.4, -0.2) is 25.2 Å². The Bertz CT molecular complexity index is 567. The summed E-state index contributed by atoms with van der Waals surface area (Å²) in [7, 11) is 3.29. The first-order chi connectivity index (χ1) is 9.65. The highest BCUT2D eigenvalue weighted by Gasteiger charge is 2.14. The fraction of sp³-hybridized carbons (Fsp3) is 0.400. The maximum atomic E-state index is 5.46. The van der Waals surface area contributed by atoms with Crippen LogP contribution in [0.25, 0.3) is 10.6 Å². The number of thiazole rings is 1. The van der Waals surface area contributed by atoms with E-state index in [1.54, 1.807) is 25.6 Å². The van der Waals surface area contributed by atoms with Crippen molar-refractivity contribution < 1.29 is 9.47 Å². The van der Waals surface area contributed by atoms with Crippen molar-refractivity contribution in [2.24, 2.45) is 0 Å². The van der Waals surface area contributed by atoms with Crippen molar-refractivity contribution in [2.45, 2.75) is 26.4 Å². The fourth-order valence-corrected chi connectivity index (χ4v) is 2.72. The summed E-state index contributed by atoms with van der Waals surface area (Å²) in [5.41, 5.74) is 2.01. The van der Waals surface area contributed by atoms with Gasteiger partial charge in [0.2, 0.25) is 0 Å². The topological polar surface area (TPSA) is 43.4 Å². The molecule has 0 aliphatic carbocycles. The molecule has 0 unspecified atom stereocenters. The minimum atomic E-state index is 0.450. The third-order valence-electron chi connectivity index (χ3n) is 2.88. The summed E-state index contributed by atoms with van der Waals surface area (Å²) in [5, 5.41) is 6.38. The Hall–Kier alpha value is -1.59. The number of para-hydroxylation sites is 1. The van der Waals surface area contributed by atoms with Crippen LogP contribution < -0.4 is 14.8 Å². The molecule has 1 aromatic carbocycles. The Kier molecular flexibility index (Phi) is 4.98. The lowest BCUT2D eigenvalue weighted by Gasteiger charge is -2.10. The predicted octanol–water partition coefficient (Wildman–Crippen LogP) is 3.33. The van der Waals surface area contributed by atoms with E-state index < -0.39 is 0 Å². The van der Waals surface area contributed by atoms with Gasteiger partial charge in [0.25, 0.3) is 0 Å². The number of methoxy groups -OCH3 is 2. The molecule has 0 amide bonds. The molecule has 0 spiro atoms. The first-order valence-electron chi connectivity index (χ1n) is 6.54. The van der Waals surface area contributed by atoms with E-state index >= 15 is 0 Å². The molecule has 0 bridgehead atoms. The number of hydrogen-bond acceptors (Lipinski definition) is 5. The van der Waals surface area contributed by atoms with Crippen LogP contribution in [0, 0.1) is 0 Å². The highest BCUT2D eigenvalue weighted by Crippen LogP contribution is 2.38. The van der Waals surface area contributed by atoms with Gasteiger partial charge < -0.3 is 14.8 Å². The third-order valence-corrected chi connectivity index (χ3v) is 3.80. The number of benzene rings is 1. The average molecular weight is 292 g/mol. The molecule has 2 rings (SSSR count). The Morgan fingerprint density at radius 2 is 2.05 bits per heavy atom. The van der Waals surface area contributed by atoms with Gasteiger partial charge in [-0.25, -0.2) is 4.98 Å². The van der Waals surface area contributed by atoms with Gasteiger partial charge in [-0.1, -0.05) is 19.9 Å². The second kappa shape index (κ2) is 6.72. The van der Waals surface area contributed by atoms with Crippen molar-refractivity contribution in [3.05, 3.63) is 29.3 Å². The number of ether oxygens (including phenoxy) is 2. The summed E-state index contributed by atoms with van der Waals surface area (Å²) in [5.74, 6) is 1.45. The zero-order valence-electron chi connectivity index (χ0n) is 12.3. The van der Waals surface area contributed by atoms with Crippen LogP contribution in [0.4, 0.5) is 0 Å². The van der Waals surface area contributed by atoms with E-state index in [0.717, 1.165) is 34.3 Å². The maximum Gasteiger partial charge on any atom is 0.170 e. The van der Waals surface area contributed by atoms with Crippen molar-refractivity contribution in [1.82, 2.24) is 10.3 Å². The average Bonchev–Trinajstić information content (AvgIpc) is 2.92. The quantitative estimate of drug-likeness (QED) is 0.887. The minimum absolute atomic E-state index is 0.450. The molecule has 0 saturated heterocycles. The SMILES string of the molecule is COc1cccc(-c2nc(CNC(C)C)cs2)c1OC. The van der Waals surface area contributed by atoms with Gasteiger partial charge in [0.15, 0.2) is 11.5 Å². The second-order valence-corrected chi connectivity index (χ2v) is 5.58. The van der Waals surface area contributed by atoms with E-state index in [1.165, 1.54) is 0 Å². The van der Waals surface area contributed by atoms with Gasteiger partial charge in [-0.2, -0.15) is 0 Å². The number of rotatable bonds is 6. The van der Waals surface area contributed by atoms with Crippen LogP contribution in [0.1, 0.15) is 19.5 Å². The molecule has 108 valence electrons. The summed E-state index contributed by atoms with van der Waals surface area (Å²) >= 11 is 1.62. The molecule has 4 nitrogen and oxygen atoms in total. The Balaban J connectivity index is 2.28. The molecule has 0 radical (unpaired) electrons. The van der Waals surface area contributed by atoms with Crippen LogP contribution in [0.2, 0.25) is 0 Å². The summed E-state index contributed by atoms with van der Waals surface area (Å²) in [6.07, 6.45) is 0. The maximum absolute atomic E-state index is 5.46. The molecular formula is C15H20N2O2S. The smallest absolute Gasteiger partial charge is 0.170 e. The van der Waals surface area contributed by atoms with E-state index in [0.29, 0.717) is 6.04 Å². The van der Waals surface area contributed by atoms with E-state index in [-0.39, 0.29) is 0 Å². The van der Waals surface area contributed by atoms with Gasteiger partial charge in [0.05, 0.1) is 25.5 Å². The number of nitrogens with zero attached hydrogens (tertiary/aromatic N) is 1. The standard InChI is InChI=1S/C15H20N2O2S/c1-10(2)16-8-11-9-20-15(17-11)12-6-5-7-13(18-3)14(12)19-4/h5-7,9-10,16H,8H2,1-4H3. The zero-order valence-corrected chi connectivity index (χ0v) is 13.1. The van der Waals surface area contributed by atoms with Gasteiger partial charge in [-0.3, -0.25) is 0 Å². The van der Waals surface area contributed by atoms with Crippen LogP contribution in [0.5, 0.6) is 11.5 Å². The predicted molar refractivity (Wildman–Crippen MR) is 82.6 cm³/mol. The van der Waals surface area contributed by atoms with Crippen molar-refractivity contribution in [1.29, 1.82) is 0 Å².